The summed E-state index contributed by atoms with van der Waals surface area (Å²) in [6.07, 6.45) is 1.49. The molecule has 0 saturated heterocycles. The van der Waals surface area contributed by atoms with E-state index >= 15 is 0 Å². The smallest absolute Gasteiger partial charge is 0.251 e. The number of carbonyl (C=O) groups is 1. The number of nitrogens with one attached hydrogen (secondary N) is 1. The van der Waals surface area contributed by atoms with Gasteiger partial charge in [-0.25, -0.2) is 4.98 Å². The van der Waals surface area contributed by atoms with E-state index in [1.54, 1.807) is 0 Å². The molecule has 1 aromatic heterocycles. The van der Waals surface area contributed by atoms with E-state index < -0.39 is 0 Å². The van der Waals surface area contributed by atoms with Crippen LogP contribution in [0.1, 0.15) is 39.3 Å². The summed E-state index contributed by atoms with van der Waals surface area (Å²) in [7, 11) is 0. The highest BCUT2D eigenvalue weighted by Gasteiger charge is 2.12. The zero-order valence-corrected chi connectivity index (χ0v) is 20.7. The average molecular weight is 476 g/mol. The van der Waals surface area contributed by atoms with Crippen LogP contribution < -0.4 is 10.1 Å². The average Bonchev–Trinajstić information content (AvgIpc) is 3.17. The minimum atomic E-state index is -0.0530. The number of fused-ring (bicyclic) bond motifs is 1. The molecule has 0 atom stereocenters. The van der Waals surface area contributed by atoms with Gasteiger partial charge in [0.2, 0.25) is 0 Å². The maximum Gasteiger partial charge on any atom is 0.251 e. The van der Waals surface area contributed by atoms with Crippen LogP contribution in [-0.4, -0.2) is 28.6 Å². The molecule has 0 aliphatic carbocycles. The SMILES string of the molecule is Cc1ccccc1C(=O)NCCc1nc2ccccc2n1CCCOc1cc(C)c(Cl)c(C)c1. The Kier molecular flexibility index (Phi) is 7.53. The Morgan fingerprint density at radius 2 is 1.71 bits per heavy atom. The zero-order valence-electron chi connectivity index (χ0n) is 19.9. The van der Waals surface area contributed by atoms with Crippen LogP contribution in [0.25, 0.3) is 11.0 Å². The van der Waals surface area contributed by atoms with Gasteiger partial charge in [-0.1, -0.05) is 41.9 Å². The number of ether oxygens (including phenoxy) is 1. The first kappa shape index (κ1) is 23.8. The zero-order chi connectivity index (χ0) is 24.1. The summed E-state index contributed by atoms with van der Waals surface area (Å²) in [5.41, 5.74) is 5.78. The highest BCUT2D eigenvalue weighted by atomic mass is 35.5. The van der Waals surface area contributed by atoms with Gasteiger partial charge in [-0.2, -0.15) is 0 Å². The molecule has 0 radical (unpaired) electrons. The number of aryl methyl sites for hydroxylation is 4. The van der Waals surface area contributed by atoms with Crippen LogP contribution in [0.5, 0.6) is 5.75 Å². The van der Waals surface area contributed by atoms with Gasteiger partial charge in [0.25, 0.3) is 5.91 Å². The fourth-order valence-electron chi connectivity index (χ4n) is 4.18. The Balaban J connectivity index is 1.39. The molecular formula is C28H30ClN3O2. The van der Waals surface area contributed by atoms with Crippen molar-refractivity contribution in [2.45, 2.75) is 40.2 Å². The number of hydrogen-bond acceptors (Lipinski definition) is 3. The molecule has 0 aliphatic heterocycles. The maximum absolute atomic E-state index is 12.6. The van der Waals surface area contributed by atoms with Gasteiger partial charge in [0.15, 0.2) is 0 Å². The predicted octanol–water partition coefficient (Wildman–Crippen LogP) is 6.06. The number of amides is 1. The van der Waals surface area contributed by atoms with Crippen LogP contribution in [-0.2, 0) is 13.0 Å². The molecule has 176 valence electrons. The number of hydrogen-bond donors (Lipinski definition) is 1. The topological polar surface area (TPSA) is 56.2 Å². The van der Waals surface area contributed by atoms with Crippen LogP contribution >= 0.6 is 11.6 Å². The molecule has 6 heteroatoms. The first-order valence-corrected chi connectivity index (χ1v) is 12.0. The van der Waals surface area contributed by atoms with E-state index in [-0.39, 0.29) is 5.91 Å². The number of carbonyl (C=O) groups excluding carboxylic acids is 1. The largest absolute Gasteiger partial charge is 0.494 e. The lowest BCUT2D eigenvalue weighted by Gasteiger charge is -2.12. The van der Waals surface area contributed by atoms with E-state index in [2.05, 4.69) is 16.0 Å². The number of para-hydroxylation sites is 2. The third-order valence-electron chi connectivity index (χ3n) is 5.96. The van der Waals surface area contributed by atoms with Crippen LogP contribution in [0, 0.1) is 20.8 Å². The lowest BCUT2D eigenvalue weighted by Crippen LogP contribution is -2.27. The molecule has 0 spiro atoms. The van der Waals surface area contributed by atoms with Crippen molar-refractivity contribution in [3.05, 3.63) is 93.8 Å². The Bertz CT molecular complexity index is 1290. The maximum atomic E-state index is 12.6. The highest BCUT2D eigenvalue weighted by molar-refractivity contribution is 6.32. The molecule has 0 saturated carbocycles. The van der Waals surface area contributed by atoms with Crippen molar-refractivity contribution in [1.29, 1.82) is 0 Å². The van der Waals surface area contributed by atoms with Gasteiger partial charge in [-0.05, 0) is 74.2 Å². The Hall–Kier alpha value is -3.31. The van der Waals surface area contributed by atoms with Crippen LogP contribution in [0.3, 0.4) is 0 Å². The molecule has 5 nitrogen and oxygen atoms in total. The Labute approximate surface area is 205 Å². The van der Waals surface area contributed by atoms with Gasteiger partial charge in [-0.3, -0.25) is 4.79 Å². The summed E-state index contributed by atoms with van der Waals surface area (Å²) >= 11 is 6.26. The first-order chi connectivity index (χ1) is 16.4. The second-order valence-corrected chi connectivity index (χ2v) is 8.94. The number of rotatable bonds is 9. The fourth-order valence-corrected chi connectivity index (χ4v) is 4.29. The fraction of sp³-hybridized carbons (Fsp3) is 0.286. The number of benzene rings is 3. The van der Waals surface area contributed by atoms with Gasteiger partial charge in [-0.15, -0.1) is 0 Å². The van der Waals surface area contributed by atoms with Gasteiger partial charge in [0, 0.05) is 30.1 Å². The van der Waals surface area contributed by atoms with Crippen molar-refractivity contribution < 1.29 is 9.53 Å². The lowest BCUT2D eigenvalue weighted by molar-refractivity contribution is 0.0953. The number of imidazole rings is 1. The molecule has 0 aliphatic rings. The van der Waals surface area contributed by atoms with Crippen molar-refractivity contribution in [1.82, 2.24) is 14.9 Å². The van der Waals surface area contributed by atoms with E-state index in [9.17, 15) is 4.79 Å². The molecule has 0 unspecified atom stereocenters. The Morgan fingerprint density at radius 3 is 2.47 bits per heavy atom. The summed E-state index contributed by atoms with van der Waals surface area (Å²) in [6, 6.07) is 19.7. The molecule has 1 N–H and O–H groups in total. The Morgan fingerprint density at radius 1 is 1.00 bits per heavy atom. The standard InChI is InChI=1S/C28H30ClN3O2/c1-19-9-4-5-10-23(19)28(33)30-14-13-26-31-24-11-6-7-12-25(24)32(26)15-8-16-34-22-17-20(2)27(29)21(3)18-22/h4-7,9-12,17-18H,8,13-16H2,1-3H3,(H,30,33). The van der Waals surface area contributed by atoms with E-state index in [4.69, 9.17) is 21.3 Å². The predicted molar refractivity (Wildman–Crippen MR) is 138 cm³/mol. The van der Waals surface area contributed by atoms with Crippen molar-refractivity contribution >= 4 is 28.5 Å². The van der Waals surface area contributed by atoms with E-state index in [1.807, 2.05) is 75.4 Å². The second kappa shape index (κ2) is 10.7. The van der Waals surface area contributed by atoms with Gasteiger partial charge >= 0.3 is 0 Å². The molecular weight excluding hydrogens is 446 g/mol. The molecule has 0 bridgehead atoms. The quantitative estimate of drug-likeness (QED) is 0.299. The number of aromatic nitrogens is 2. The summed E-state index contributed by atoms with van der Waals surface area (Å²) in [5, 5.41) is 3.82. The van der Waals surface area contributed by atoms with Crippen molar-refractivity contribution in [2.75, 3.05) is 13.2 Å². The molecule has 1 heterocycles. The monoisotopic (exact) mass is 475 g/mol. The van der Waals surface area contributed by atoms with Crippen LogP contribution in [0.2, 0.25) is 5.02 Å². The van der Waals surface area contributed by atoms with E-state index in [0.29, 0.717) is 25.1 Å². The van der Waals surface area contributed by atoms with Crippen molar-refractivity contribution in [3.63, 3.8) is 0 Å². The summed E-state index contributed by atoms with van der Waals surface area (Å²) in [6.45, 7) is 7.83. The van der Waals surface area contributed by atoms with E-state index in [0.717, 1.165) is 57.3 Å². The van der Waals surface area contributed by atoms with Crippen molar-refractivity contribution in [3.8, 4) is 5.75 Å². The highest BCUT2D eigenvalue weighted by Crippen LogP contribution is 2.26. The molecule has 0 fully saturated rings. The summed E-state index contributed by atoms with van der Waals surface area (Å²) in [5.74, 6) is 1.75. The first-order valence-electron chi connectivity index (χ1n) is 11.6. The van der Waals surface area contributed by atoms with Gasteiger partial charge < -0.3 is 14.6 Å². The summed E-state index contributed by atoms with van der Waals surface area (Å²) in [4.78, 5) is 17.4. The van der Waals surface area contributed by atoms with Crippen LogP contribution in [0.4, 0.5) is 0 Å². The normalized spacial score (nSPS) is 11.1. The molecule has 4 rings (SSSR count). The molecule has 4 aromatic rings. The third-order valence-corrected chi connectivity index (χ3v) is 6.56. The minimum Gasteiger partial charge on any atom is -0.494 e. The number of nitrogens with zero attached hydrogens (tertiary/aromatic N) is 2. The van der Waals surface area contributed by atoms with Gasteiger partial charge in [0.05, 0.1) is 17.6 Å². The van der Waals surface area contributed by atoms with Crippen molar-refractivity contribution in [2.24, 2.45) is 0 Å². The second-order valence-electron chi connectivity index (χ2n) is 8.56. The molecule has 1 amide bonds. The van der Waals surface area contributed by atoms with Crippen LogP contribution in [0.15, 0.2) is 60.7 Å². The minimum absolute atomic E-state index is 0.0530. The molecule has 34 heavy (non-hydrogen) atoms. The molecule has 3 aromatic carbocycles. The summed E-state index contributed by atoms with van der Waals surface area (Å²) < 4.78 is 8.23. The lowest BCUT2D eigenvalue weighted by atomic mass is 10.1. The third kappa shape index (κ3) is 5.42. The van der Waals surface area contributed by atoms with Gasteiger partial charge in [0.1, 0.15) is 11.6 Å². The number of halogens is 1. The van der Waals surface area contributed by atoms with E-state index in [1.165, 1.54) is 0 Å².